The fourth-order valence-corrected chi connectivity index (χ4v) is 2.86. The van der Waals surface area contributed by atoms with Crippen LogP contribution in [0.5, 0.6) is 0 Å². The SMILES string of the molecule is Cc1cccc(NC(C#N)c2ccc3c(c2)CCN3C)c1. The molecule has 3 nitrogen and oxygen atoms in total. The van der Waals surface area contributed by atoms with E-state index < -0.39 is 0 Å². The van der Waals surface area contributed by atoms with Crippen LogP contribution < -0.4 is 10.2 Å². The maximum atomic E-state index is 9.49. The molecule has 1 heterocycles. The second-order valence-electron chi connectivity index (χ2n) is 5.64. The number of nitrogens with zero attached hydrogens (tertiary/aromatic N) is 2. The number of aryl methyl sites for hydroxylation is 1. The summed E-state index contributed by atoms with van der Waals surface area (Å²) >= 11 is 0. The van der Waals surface area contributed by atoms with Crippen LogP contribution in [0.3, 0.4) is 0 Å². The van der Waals surface area contributed by atoms with Crippen molar-refractivity contribution in [2.24, 2.45) is 0 Å². The highest BCUT2D eigenvalue weighted by molar-refractivity contribution is 5.60. The zero-order valence-electron chi connectivity index (χ0n) is 12.4. The van der Waals surface area contributed by atoms with Crippen LogP contribution in [0.4, 0.5) is 11.4 Å². The predicted molar refractivity (Wildman–Crippen MR) is 86.6 cm³/mol. The van der Waals surface area contributed by atoms with Gasteiger partial charge in [-0.15, -0.1) is 0 Å². The number of rotatable bonds is 3. The molecule has 0 bridgehead atoms. The van der Waals surface area contributed by atoms with Crippen molar-refractivity contribution in [2.75, 3.05) is 23.8 Å². The highest BCUT2D eigenvalue weighted by Gasteiger charge is 2.18. The monoisotopic (exact) mass is 277 g/mol. The molecule has 1 atom stereocenters. The number of benzene rings is 2. The number of hydrogen-bond acceptors (Lipinski definition) is 3. The maximum Gasteiger partial charge on any atom is 0.140 e. The van der Waals surface area contributed by atoms with Gasteiger partial charge in [0.1, 0.15) is 6.04 Å². The number of hydrogen-bond donors (Lipinski definition) is 1. The summed E-state index contributed by atoms with van der Waals surface area (Å²) in [4.78, 5) is 2.26. The van der Waals surface area contributed by atoms with Crippen LogP contribution >= 0.6 is 0 Å². The Morgan fingerprint density at radius 3 is 2.86 bits per heavy atom. The van der Waals surface area contributed by atoms with Crippen molar-refractivity contribution in [3.8, 4) is 6.07 Å². The highest BCUT2D eigenvalue weighted by Crippen LogP contribution is 2.30. The van der Waals surface area contributed by atoms with Crippen molar-refractivity contribution in [2.45, 2.75) is 19.4 Å². The molecule has 0 saturated heterocycles. The van der Waals surface area contributed by atoms with Crippen molar-refractivity contribution < 1.29 is 0 Å². The van der Waals surface area contributed by atoms with Gasteiger partial charge in [-0.25, -0.2) is 0 Å². The van der Waals surface area contributed by atoms with E-state index in [4.69, 9.17) is 0 Å². The van der Waals surface area contributed by atoms with E-state index in [1.54, 1.807) is 0 Å². The summed E-state index contributed by atoms with van der Waals surface area (Å²) in [7, 11) is 2.11. The third-order valence-corrected chi connectivity index (χ3v) is 4.02. The minimum Gasteiger partial charge on any atom is -0.374 e. The molecule has 21 heavy (non-hydrogen) atoms. The lowest BCUT2D eigenvalue weighted by atomic mass is 10.0. The average Bonchev–Trinajstić information content (AvgIpc) is 2.86. The van der Waals surface area contributed by atoms with E-state index >= 15 is 0 Å². The molecule has 0 amide bonds. The van der Waals surface area contributed by atoms with Gasteiger partial charge in [0.15, 0.2) is 0 Å². The fraction of sp³-hybridized carbons (Fsp3) is 0.278. The van der Waals surface area contributed by atoms with Gasteiger partial charge in [0.25, 0.3) is 0 Å². The molecule has 0 radical (unpaired) electrons. The molecule has 1 unspecified atom stereocenters. The zero-order valence-corrected chi connectivity index (χ0v) is 12.4. The highest BCUT2D eigenvalue weighted by atomic mass is 15.1. The third kappa shape index (κ3) is 2.71. The second kappa shape index (κ2) is 5.49. The minimum atomic E-state index is -0.317. The zero-order chi connectivity index (χ0) is 14.8. The molecular formula is C18H19N3. The van der Waals surface area contributed by atoms with Gasteiger partial charge in [-0.3, -0.25) is 0 Å². The van der Waals surface area contributed by atoms with E-state index in [-0.39, 0.29) is 6.04 Å². The van der Waals surface area contributed by atoms with Crippen LogP contribution in [0.15, 0.2) is 42.5 Å². The van der Waals surface area contributed by atoms with Crippen molar-refractivity contribution in [1.29, 1.82) is 5.26 Å². The van der Waals surface area contributed by atoms with Gasteiger partial charge in [0, 0.05) is 25.0 Å². The molecule has 2 aromatic rings. The molecule has 0 aromatic heterocycles. The standard InChI is InChI=1S/C18H19N3/c1-13-4-3-5-16(10-13)20-17(12-19)14-6-7-18-15(11-14)8-9-21(18)2/h3-7,10-11,17,20H,8-9H2,1-2H3. The van der Waals surface area contributed by atoms with Gasteiger partial charge in [-0.2, -0.15) is 5.26 Å². The van der Waals surface area contributed by atoms with E-state index in [2.05, 4.69) is 60.6 Å². The van der Waals surface area contributed by atoms with Gasteiger partial charge in [-0.1, -0.05) is 24.3 Å². The van der Waals surface area contributed by atoms with Gasteiger partial charge in [0.2, 0.25) is 0 Å². The number of nitrogens with one attached hydrogen (secondary N) is 1. The smallest absolute Gasteiger partial charge is 0.140 e. The van der Waals surface area contributed by atoms with Crippen molar-refractivity contribution >= 4 is 11.4 Å². The summed E-state index contributed by atoms with van der Waals surface area (Å²) in [5.74, 6) is 0. The number of fused-ring (bicyclic) bond motifs is 1. The van der Waals surface area contributed by atoms with Crippen LogP contribution in [0.2, 0.25) is 0 Å². The molecule has 0 spiro atoms. The van der Waals surface area contributed by atoms with Crippen LogP contribution in [-0.4, -0.2) is 13.6 Å². The van der Waals surface area contributed by atoms with Gasteiger partial charge in [-0.05, 0) is 48.2 Å². The molecule has 3 heteroatoms. The molecule has 0 saturated carbocycles. The largest absolute Gasteiger partial charge is 0.374 e. The van der Waals surface area contributed by atoms with Crippen LogP contribution in [0.1, 0.15) is 22.7 Å². The van der Waals surface area contributed by atoms with Crippen LogP contribution in [-0.2, 0) is 6.42 Å². The summed E-state index contributed by atoms with van der Waals surface area (Å²) in [6.07, 6.45) is 1.06. The Morgan fingerprint density at radius 2 is 2.10 bits per heavy atom. The van der Waals surface area contributed by atoms with Crippen molar-refractivity contribution in [1.82, 2.24) is 0 Å². The summed E-state index contributed by atoms with van der Waals surface area (Å²) in [5, 5.41) is 12.8. The van der Waals surface area contributed by atoms with Crippen molar-refractivity contribution in [3.05, 3.63) is 59.2 Å². The van der Waals surface area contributed by atoms with E-state index in [1.807, 2.05) is 12.1 Å². The fourth-order valence-electron chi connectivity index (χ4n) is 2.86. The maximum absolute atomic E-state index is 9.49. The van der Waals surface area contributed by atoms with Gasteiger partial charge >= 0.3 is 0 Å². The molecule has 1 N–H and O–H groups in total. The number of anilines is 2. The summed E-state index contributed by atoms with van der Waals surface area (Å²) in [6.45, 7) is 3.11. The lowest BCUT2D eigenvalue weighted by Crippen LogP contribution is -2.12. The Kier molecular flexibility index (Phi) is 3.53. The average molecular weight is 277 g/mol. The number of nitriles is 1. The van der Waals surface area contributed by atoms with E-state index in [1.165, 1.54) is 16.8 Å². The summed E-state index contributed by atoms with van der Waals surface area (Å²) in [6, 6.07) is 16.5. The van der Waals surface area contributed by atoms with Crippen LogP contribution in [0, 0.1) is 18.3 Å². The van der Waals surface area contributed by atoms with E-state index in [9.17, 15) is 5.26 Å². The molecule has 2 aromatic carbocycles. The molecule has 1 aliphatic heterocycles. The Morgan fingerprint density at radius 1 is 1.24 bits per heavy atom. The summed E-state index contributed by atoms with van der Waals surface area (Å²) < 4.78 is 0. The first-order valence-corrected chi connectivity index (χ1v) is 7.24. The minimum absolute atomic E-state index is 0.317. The van der Waals surface area contributed by atoms with Gasteiger partial charge < -0.3 is 10.2 Å². The first-order chi connectivity index (χ1) is 10.2. The van der Waals surface area contributed by atoms with Crippen LogP contribution in [0.25, 0.3) is 0 Å². The first-order valence-electron chi connectivity index (χ1n) is 7.24. The van der Waals surface area contributed by atoms with E-state index in [0.717, 1.165) is 24.2 Å². The molecule has 1 aliphatic rings. The third-order valence-electron chi connectivity index (χ3n) is 4.02. The molecule has 0 fully saturated rings. The van der Waals surface area contributed by atoms with E-state index in [0.29, 0.717) is 0 Å². The van der Waals surface area contributed by atoms with Crippen molar-refractivity contribution in [3.63, 3.8) is 0 Å². The topological polar surface area (TPSA) is 39.1 Å². The number of likely N-dealkylation sites (N-methyl/N-ethyl adjacent to an activating group) is 1. The molecule has 0 aliphatic carbocycles. The summed E-state index contributed by atoms with van der Waals surface area (Å²) in [5.41, 5.74) is 5.83. The normalized spacial score (nSPS) is 14.4. The second-order valence-corrected chi connectivity index (χ2v) is 5.64. The lowest BCUT2D eigenvalue weighted by molar-refractivity contribution is 0.954. The Bertz CT molecular complexity index is 700. The lowest BCUT2D eigenvalue weighted by Gasteiger charge is -2.16. The first kappa shape index (κ1) is 13.5. The molecule has 3 rings (SSSR count). The molecular weight excluding hydrogens is 258 g/mol. The molecule has 106 valence electrons. The Balaban J connectivity index is 1.86. The quantitative estimate of drug-likeness (QED) is 0.930. The predicted octanol–water partition coefficient (Wildman–Crippen LogP) is 3.66. The Hall–Kier alpha value is -2.47. The Labute approximate surface area is 125 Å². The van der Waals surface area contributed by atoms with Gasteiger partial charge in [0.05, 0.1) is 6.07 Å².